The summed E-state index contributed by atoms with van der Waals surface area (Å²) >= 11 is 0. The van der Waals surface area contributed by atoms with Crippen molar-refractivity contribution in [3.05, 3.63) is 25.3 Å². The van der Waals surface area contributed by atoms with Crippen molar-refractivity contribution in [3.63, 3.8) is 0 Å². The summed E-state index contributed by atoms with van der Waals surface area (Å²) in [5.41, 5.74) is 0. The first-order chi connectivity index (χ1) is 17.1. The van der Waals surface area contributed by atoms with Crippen LogP contribution in [0.15, 0.2) is 25.3 Å². The van der Waals surface area contributed by atoms with Gasteiger partial charge in [-0.25, -0.2) is 0 Å². The maximum Gasteiger partial charge on any atom is 0.307 e. The highest BCUT2D eigenvalue weighted by Gasteiger charge is 2.39. The molecule has 0 saturated heterocycles. The molecule has 0 radical (unpaired) electrons. The first kappa shape index (κ1) is 31.3. The van der Waals surface area contributed by atoms with Crippen LogP contribution in [0.4, 0.5) is 0 Å². The van der Waals surface area contributed by atoms with Crippen LogP contribution in [0.1, 0.15) is 51.4 Å². The molecule has 3 unspecified atom stereocenters. The van der Waals surface area contributed by atoms with Crippen LogP contribution in [0.3, 0.4) is 0 Å². The number of hydrogen-bond acceptors (Lipinski definition) is 6. The third-order valence-corrected chi connectivity index (χ3v) is 6.49. The maximum absolute atomic E-state index is 11.8. The van der Waals surface area contributed by atoms with Gasteiger partial charge in [-0.3, -0.25) is 19.2 Å². The Hall–Kier alpha value is -2.72. The number of carboxylic acid groups (broad SMARTS) is 2. The SMILES string of the molecule is C=CC(=O)N(C)CC(CN(C)C(=O)C=C)OCCCCCCCOC1CCC(C(=O)O)C(C(=O)O)C1. The van der Waals surface area contributed by atoms with Crippen molar-refractivity contribution in [2.45, 2.75) is 63.6 Å². The predicted octanol–water partition coefficient (Wildman–Crippen LogP) is 2.58. The molecule has 1 aliphatic carbocycles. The van der Waals surface area contributed by atoms with E-state index in [4.69, 9.17) is 9.47 Å². The number of rotatable bonds is 18. The molecule has 2 N–H and O–H groups in total. The number of ether oxygens (including phenoxy) is 2. The van der Waals surface area contributed by atoms with Crippen molar-refractivity contribution in [1.82, 2.24) is 9.80 Å². The van der Waals surface area contributed by atoms with Crippen molar-refractivity contribution in [2.75, 3.05) is 40.4 Å². The van der Waals surface area contributed by atoms with Gasteiger partial charge in [-0.2, -0.15) is 0 Å². The lowest BCUT2D eigenvalue weighted by Gasteiger charge is -2.31. The molecule has 1 fully saturated rings. The second kappa shape index (κ2) is 16.9. The molecule has 2 amide bonds. The Morgan fingerprint density at radius 1 is 0.833 bits per heavy atom. The van der Waals surface area contributed by atoms with Crippen LogP contribution in [-0.2, 0) is 28.7 Å². The van der Waals surface area contributed by atoms with E-state index in [-0.39, 0.29) is 30.4 Å². The molecule has 1 saturated carbocycles. The molecule has 1 rings (SSSR count). The van der Waals surface area contributed by atoms with Gasteiger partial charge in [-0.05, 0) is 44.3 Å². The average Bonchev–Trinajstić information content (AvgIpc) is 2.85. The van der Waals surface area contributed by atoms with Gasteiger partial charge in [0, 0.05) is 40.4 Å². The normalized spacial score (nSPS) is 19.5. The molecule has 0 aromatic carbocycles. The summed E-state index contributed by atoms with van der Waals surface area (Å²) in [6.45, 7) is 8.70. The van der Waals surface area contributed by atoms with Crippen LogP contribution in [0.2, 0.25) is 0 Å². The van der Waals surface area contributed by atoms with E-state index in [0.29, 0.717) is 39.1 Å². The molecule has 10 heteroatoms. The van der Waals surface area contributed by atoms with E-state index >= 15 is 0 Å². The Bertz CT molecular complexity index is 728. The fraction of sp³-hybridized carbons (Fsp3) is 0.692. The summed E-state index contributed by atoms with van der Waals surface area (Å²) in [6.07, 6.45) is 7.69. The topological polar surface area (TPSA) is 134 Å². The second-order valence-electron chi connectivity index (χ2n) is 9.30. The van der Waals surface area contributed by atoms with E-state index in [1.54, 1.807) is 14.1 Å². The number of aliphatic carboxylic acids is 2. The molecule has 0 heterocycles. The van der Waals surface area contributed by atoms with Crippen LogP contribution in [0, 0.1) is 11.8 Å². The summed E-state index contributed by atoms with van der Waals surface area (Å²) in [5.74, 6) is -4.28. The minimum atomic E-state index is -1.07. The molecule has 3 atom stereocenters. The Labute approximate surface area is 213 Å². The van der Waals surface area contributed by atoms with Gasteiger partial charge in [0.2, 0.25) is 11.8 Å². The zero-order chi connectivity index (χ0) is 27.1. The number of nitrogens with zero attached hydrogens (tertiary/aromatic N) is 2. The standard InChI is InChI=1S/C26H42N2O8/c1-5-23(29)27(3)17-20(18-28(4)24(30)6-2)36-15-11-9-7-8-10-14-35-19-12-13-21(25(31)32)22(16-19)26(33)34/h5-6,19-22H,1-2,7-18H2,3-4H3,(H,31,32)(H,33,34). The van der Waals surface area contributed by atoms with E-state index < -0.39 is 23.8 Å². The van der Waals surface area contributed by atoms with Crippen LogP contribution in [-0.4, -0.2) is 96.4 Å². The highest BCUT2D eigenvalue weighted by Crippen LogP contribution is 2.32. The van der Waals surface area contributed by atoms with Crippen LogP contribution in [0.25, 0.3) is 0 Å². The lowest BCUT2D eigenvalue weighted by atomic mass is 9.78. The van der Waals surface area contributed by atoms with Crippen molar-refractivity contribution in [2.24, 2.45) is 11.8 Å². The minimum Gasteiger partial charge on any atom is -0.481 e. The van der Waals surface area contributed by atoms with Crippen LogP contribution < -0.4 is 0 Å². The van der Waals surface area contributed by atoms with Gasteiger partial charge < -0.3 is 29.5 Å². The molecule has 0 bridgehead atoms. The number of unbranched alkanes of at least 4 members (excludes halogenated alkanes) is 4. The van der Waals surface area contributed by atoms with E-state index in [0.717, 1.165) is 32.1 Å². The molecule has 0 spiro atoms. The average molecular weight is 511 g/mol. The van der Waals surface area contributed by atoms with Gasteiger partial charge in [0.1, 0.15) is 0 Å². The molecule has 1 aliphatic rings. The second-order valence-corrected chi connectivity index (χ2v) is 9.30. The molecule has 10 nitrogen and oxygen atoms in total. The monoisotopic (exact) mass is 510 g/mol. The van der Waals surface area contributed by atoms with Crippen molar-refractivity contribution in [1.29, 1.82) is 0 Å². The van der Waals surface area contributed by atoms with Gasteiger partial charge in [0.25, 0.3) is 0 Å². The number of carboxylic acids is 2. The Balaban J connectivity index is 2.26. The summed E-state index contributed by atoms with van der Waals surface area (Å²) in [4.78, 5) is 49.3. The maximum atomic E-state index is 11.8. The van der Waals surface area contributed by atoms with Gasteiger partial charge in [0.05, 0.1) is 24.0 Å². The quantitative estimate of drug-likeness (QED) is 0.212. The molecule has 36 heavy (non-hydrogen) atoms. The number of carbonyl (C=O) groups excluding carboxylic acids is 2. The van der Waals surface area contributed by atoms with E-state index in [1.807, 2.05) is 0 Å². The lowest BCUT2D eigenvalue weighted by molar-refractivity contribution is -0.158. The first-order valence-electron chi connectivity index (χ1n) is 12.5. The Morgan fingerprint density at radius 2 is 1.33 bits per heavy atom. The Kier molecular flexibility index (Phi) is 14.7. The number of carbonyl (C=O) groups is 4. The van der Waals surface area contributed by atoms with E-state index in [9.17, 15) is 29.4 Å². The fourth-order valence-electron chi connectivity index (χ4n) is 4.35. The molecular formula is C26H42N2O8. The predicted molar refractivity (Wildman–Crippen MR) is 134 cm³/mol. The van der Waals surface area contributed by atoms with E-state index in [1.165, 1.54) is 22.0 Å². The number of hydrogen-bond donors (Lipinski definition) is 2. The largest absolute Gasteiger partial charge is 0.481 e. The zero-order valence-electron chi connectivity index (χ0n) is 21.6. The molecule has 0 aromatic rings. The Morgan fingerprint density at radius 3 is 1.83 bits per heavy atom. The highest BCUT2D eigenvalue weighted by atomic mass is 16.5. The zero-order valence-corrected chi connectivity index (χ0v) is 21.6. The summed E-state index contributed by atoms with van der Waals surface area (Å²) < 4.78 is 11.8. The first-order valence-corrected chi connectivity index (χ1v) is 12.5. The van der Waals surface area contributed by atoms with Crippen molar-refractivity contribution >= 4 is 23.8 Å². The van der Waals surface area contributed by atoms with Gasteiger partial charge in [0.15, 0.2) is 0 Å². The lowest BCUT2D eigenvalue weighted by Crippen LogP contribution is -2.42. The highest BCUT2D eigenvalue weighted by molar-refractivity contribution is 5.87. The van der Waals surface area contributed by atoms with Crippen LogP contribution in [0.5, 0.6) is 0 Å². The fourth-order valence-corrected chi connectivity index (χ4v) is 4.35. The molecule has 204 valence electrons. The van der Waals surface area contributed by atoms with E-state index in [2.05, 4.69) is 13.2 Å². The third kappa shape index (κ3) is 11.3. The van der Waals surface area contributed by atoms with Crippen molar-refractivity contribution in [3.8, 4) is 0 Å². The summed E-state index contributed by atoms with van der Waals surface area (Å²) in [5, 5.41) is 18.5. The summed E-state index contributed by atoms with van der Waals surface area (Å²) in [7, 11) is 3.33. The van der Waals surface area contributed by atoms with Gasteiger partial charge in [-0.1, -0.05) is 32.4 Å². The van der Waals surface area contributed by atoms with Gasteiger partial charge >= 0.3 is 11.9 Å². The smallest absolute Gasteiger partial charge is 0.307 e. The van der Waals surface area contributed by atoms with Gasteiger partial charge in [-0.15, -0.1) is 0 Å². The van der Waals surface area contributed by atoms with Crippen LogP contribution >= 0.6 is 0 Å². The number of amides is 2. The third-order valence-electron chi connectivity index (χ3n) is 6.49. The molecule has 0 aromatic heterocycles. The molecule has 0 aliphatic heterocycles. The van der Waals surface area contributed by atoms with Crippen molar-refractivity contribution < 1.29 is 38.9 Å². The number of likely N-dealkylation sites (N-methyl/N-ethyl adjacent to an activating group) is 2. The molecular weight excluding hydrogens is 468 g/mol. The summed E-state index contributed by atoms with van der Waals surface area (Å²) in [6, 6.07) is 0. The minimum absolute atomic E-state index is 0.204.